The van der Waals surface area contributed by atoms with Crippen LogP contribution in [0, 0.1) is 0 Å². The van der Waals surface area contributed by atoms with Gasteiger partial charge in [-0.3, -0.25) is 0 Å². The lowest BCUT2D eigenvalue weighted by atomic mass is 9.82. The van der Waals surface area contributed by atoms with Gasteiger partial charge >= 0.3 is 0 Å². The summed E-state index contributed by atoms with van der Waals surface area (Å²) in [6, 6.07) is 14.0. The molecule has 1 heterocycles. The first-order chi connectivity index (χ1) is 10.2. The average Bonchev–Trinajstić information content (AvgIpc) is 2.82. The molecule has 0 fully saturated rings. The summed E-state index contributed by atoms with van der Waals surface area (Å²) in [5.41, 5.74) is 3.33. The van der Waals surface area contributed by atoms with Crippen LogP contribution in [-0.2, 0) is 10.8 Å². The summed E-state index contributed by atoms with van der Waals surface area (Å²) in [4.78, 5) is 0. The van der Waals surface area contributed by atoms with Gasteiger partial charge < -0.3 is 0 Å². The fraction of sp³-hybridized carbons (Fsp3) is 0.429. The molecule has 2 aromatic carbocycles. The minimum atomic E-state index is 0.208. The van der Waals surface area contributed by atoms with Gasteiger partial charge in [0.2, 0.25) is 0 Å². The highest BCUT2D eigenvalue weighted by Gasteiger charge is 2.20. The van der Waals surface area contributed by atoms with E-state index in [4.69, 9.17) is 0 Å². The zero-order valence-corrected chi connectivity index (χ0v) is 15.4. The van der Waals surface area contributed by atoms with Crippen molar-refractivity contribution < 1.29 is 0 Å². The van der Waals surface area contributed by atoms with Crippen LogP contribution in [0.15, 0.2) is 36.4 Å². The van der Waals surface area contributed by atoms with Gasteiger partial charge in [0.25, 0.3) is 0 Å². The van der Waals surface area contributed by atoms with Crippen LogP contribution in [0.25, 0.3) is 20.2 Å². The number of fused-ring (bicyclic) bond motifs is 3. The highest BCUT2D eigenvalue weighted by molar-refractivity contribution is 7.25. The molecule has 116 valence electrons. The molecule has 0 spiro atoms. The zero-order chi connectivity index (χ0) is 16.1. The van der Waals surface area contributed by atoms with E-state index in [1.807, 2.05) is 11.3 Å². The first kappa shape index (κ1) is 15.6. The first-order valence-corrected chi connectivity index (χ1v) is 9.01. The molecule has 22 heavy (non-hydrogen) atoms. The van der Waals surface area contributed by atoms with Crippen molar-refractivity contribution in [2.75, 3.05) is 0 Å². The lowest BCUT2D eigenvalue weighted by Gasteiger charge is -2.23. The van der Waals surface area contributed by atoms with E-state index in [9.17, 15) is 0 Å². The van der Waals surface area contributed by atoms with Gasteiger partial charge in [0.15, 0.2) is 0 Å². The Hall–Kier alpha value is -1.34. The predicted molar refractivity (Wildman–Crippen MR) is 101 cm³/mol. The number of hydrogen-bond acceptors (Lipinski definition) is 1. The molecule has 1 aromatic heterocycles. The molecule has 0 radical (unpaired) electrons. The SMILES string of the molecule is CCC(C)(C)c1ccc2c(c1)sc1cc(C(C)(C)C)ccc12. The Balaban J connectivity index is 2.21. The summed E-state index contributed by atoms with van der Waals surface area (Å²) in [5.74, 6) is 0. The van der Waals surface area contributed by atoms with Crippen molar-refractivity contribution in [1.29, 1.82) is 0 Å². The summed E-state index contributed by atoms with van der Waals surface area (Å²) in [5, 5.41) is 2.80. The summed E-state index contributed by atoms with van der Waals surface area (Å²) < 4.78 is 2.83. The molecular weight excluding hydrogens is 284 g/mol. The van der Waals surface area contributed by atoms with Gasteiger partial charge in [-0.25, -0.2) is 0 Å². The zero-order valence-electron chi connectivity index (χ0n) is 14.6. The molecule has 0 N–H and O–H groups in total. The average molecular weight is 311 g/mol. The topological polar surface area (TPSA) is 0 Å². The standard InChI is InChI=1S/C21H26S/c1-7-21(5,6)15-9-11-17-16-10-8-14(20(2,3)4)12-18(16)22-19(17)13-15/h8-13H,7H2,1-6H3. The van der Waals surface area contributed by atoms with Crippen molar-refractivity contribution in [3.8, 4) is 0 Å². The molecule has 0 unspecified atom stereocenters. The molecule has 0 aliphatic rings. The molecule has 0 saturated heterocycles. The van der Waals surface area contributed by atoms with Crippen molar-refractivity contribution in [2.45, 2.75) is 58.8 Å². The summed E-state index contributed by atoms with van der Waals surface area (Å²) in [6.07, 6.45) is 1.16. The van der Waals surface area contributed by atoms with Crippen molar-refractivity contribution in [3.05, 3.63) is 47.5 Å². The van der Waals surface area contributed by atoms with E-state index in [1.165, 1.54) is 31.3 Å². The van der Waals surface area contributed by atoms with E-state index in [1.54, 1.807) is 0 Å². The number of rotatable bonds is 2. The van der Waals surface area contributed by atoms with Crippen molar-refractivity contribution in [1.82, 2.24) is 0 Å². The van der Waals surface area contributed by atoms with Crippen LogP contribution in [-0.4, -0.2) is 0 Å². The van der Waals surface area contributed by atoms with Crippen LogP contribution < -0.4 is 0 Å². The summed E-state index contributed by atoms with van der Waals surface area (Å²) >= 11 is 1.93. The normalized spacial score (nSPS) is 13.2. The first-order valence-electron chi connectivity index (χ1n) is 8.19. The number of thiophene rings is 1. The molecule has 1 heteroatoms. The van der Waals surface area contributed by atoms with E-state index in [0.29, 0.717) is 0 Å². The Morgan fingerprint density at radius 2 is 1.27 bits per heavy atom. The fourth-order valence-electron chi connectivity index (χ4n) is 2.87. The minimum absolute atomic E-state index is 0.208. The number of hydrogen-bond donors (Lipinski definition) is 0. The van der Waals surface area contributed by atoms with E-state index in [0.717, 1.165) is 6.42 Å². The third-order valence-electron chi connectivity index (χ3n) is 5.00. The lowest BCUT2D eigenvalue weighted by Crippen LogP contribution is -2.14. The summed E-state index contributed by atoms with van der Waals surface area (Å²) in [7, 11) is 0. The van der Waals surface area contributed by atoms with Crippen LogP contribution in [0.1, 0.15) is 59.1 Å². The third kappa shape index (κ3) is 2.56. The van der Waals surface area contributed by atoms with Gasteiger partial charge in [-0.05, 0) is 40.5 Å². The Morgan fingerprint density at radius 3 is 1.77 bits per heavy atom. The van der Waals surface area contributed by atoms with Crippen LogP contribution in [0.2, 0.25) is 0 Å². The van der Waals surface area contributed by atoms with Crippen molar-refractivity contribution in [3.63, 3.8) is 0 Å². The van der Waals surface area contributed by atoms with Crippen molar-refractivity contribution >= 4 is 31.5 Å². The molecule has 3 aromatic rings. The maximum atomic E-state index is 2.40. The van der Waals surface area contributed by atoms with E-state index >= 15 is 0 Å². The molecule has 0 nitrogen and oxygen atoms in total. The Morgan fingerprint density at radius 1 is 0.773 bits per heavy atom. The second-order valence-corrected chi connectivity index (χ2v) is 9.10. The molecule has 3 rings (SSSR count). The van der Waals surface area contributed by atoms with Gasteiger partial charge in [-0.2, -0.15) is 0 Å². The smallest absolute Gasteiger partial charge is 0.0358 e. The van der Waals surface area contributed by atoms with Crippen LogP contribution in [0.5, 0.6) is 0 Å². The van der Waals surface area contributed by atoms with Gasteiger partial charge in [0, 0.05) is 20.2 Å². The molecule has 0 atom stereocenters. The van der Waals surface area contributed by atoms with Gasteiger partial charge in [0.1, 0.15) is 0 Å². The van der Waals surface area contributed by atoms with Gasteiger partial charge in [0.05, 0.1) is 0 Å². The van der Waals surface area contributed by atoms with E-state index in [-0.39, 0.29) is 10.8 Å². The second-order valence-electron chi connectivity index (χ2n) is 8.01. The van der Waals surface area contributed by atoms with Crippen LogP contribution in [0.4, 0.5) is 0 Å². The summed E-state index contributed by atoms with van der Waals surface area (Å²) in [6.45, 7) is 13.8. The molecular formula is C21H26S. The van der Waals surface area contributed by atoms with Gasteiger partial charge in [-0.1, -0.05) is 65.8 Å². The highest BCUT2D eigenvalue weighted by atomic mass is 32.1. The molecule has 0 bridgehead atoms. The highest BCUT2D eigenvalue weighted by Crippen LogP contribution is 2.39. The maximum absolute atomic E-state index is 2.40. The minimum Gasteiger partial charge on any atom is -0.135 e. The monoisotopic (exact) mass is 310 g/mol. The molecule has 0 aliphatic heterocycles. The number of benzene rings is 2. The molecule has 0 aliphatic carbocycles. The third-order valence-corrected chi connectivity index (χ3v) is 6.12. The lowest BCUT2D eigenvalue weighted by molar-refractivity contribution is 0.507. The van der Waals surface area contributed by atoms with Crippen LogP contribution in [0.3, 0.4) is 0 Å². The quantitative estimate of drug-likeness (QED) is 0.476. The molecule has 0 amide bonds. The predicted octanol–water partition coefficient (Wildman–Crippen LogP) is 7.04. The van der Waals surface area contributed by atoms with E-state index < -0.39 is 0 Å². The fourth-order valence-corrected chi connectivity index (χ4v) is 4.05. The molecule has 0 saturated carbocycles. The maximum Gasteiger partial charge on any atom is 0.0358 e. The van der Waals surface area contributed by atoms with E-state index in [2.05, 4.69) is 77.9 Å². The van der Waals surface area contributed by atoms with Crippen LogP contribution >= 0.6 is 11.3 Å². The largest absolute Gasteiger partial charge is 0.135 e. The second kappa shape index (κ2) is 5.09. The van der Waals surface area contributed by atoms with Gasteiger partial charge in [-0.15, -0.1) is 11.3 Å². The Kier molecular flexibility index (Phi) is 3.60. The van der Waals surface area contributed by atoms with Crippen molar-refractivity contribution in [2.24, 2.45) is 0 Å². The Bertz CT molecular complexity index is 828. The Labute approximate surface area is 138 Å².